The number of ether oxygens (including phenoxy) is 1. The molecule has 0 saturated heterocycles. The summed E-state index contributed by atoms with van der Waals surface area (Å²) in [5, 5.41) is 0.392. The van der Waals surface area contributed by atoms with Crippen LogP contribution in [0.25, 0.3) is 0 Å². The molecule has 1 aromatic carbocycles. The number of carbonyl (C=O) groups is 4. The van der Waals surface area contributed by atoms with Crippen LogP contribution in [0.5, 0.6) is 0 Å². The van der Waals surface area contributed by atoms with Gasteiger partial charge in [0.15, 0.2) is 0 Å². The molecule has 0 saturated carbocycles. The summed E-state index contributed by atoms with van der Waals surface area (Å²) in [6.45, 7) is 3.43. The van der Waals surface area contributed by atoms with Crippen LogP contribution in [0.4, 0.5) is 0 Å². The number of imide groups is 1. The number of fused-ring (bicyclic) bond motifs is 1. The van der Waals surface area contributed by atoms with E-state index in [1.165, 1.54) is 18.2 Å². The largest absolute Gasteiger partial charge is 0.462 e. The molecule has 0 unspecified atom stereocenters. The van der Waals surface area contributed by atoms with Crippen LogP contribution in [0.3, 0.4) is 0 Å². The Morgan fingerprint density at radius 3 is 2.43 bits per heavy atom. The van der Waals surface area contributed by atoms with E-state index in [9.17, 15) is 19.2 Å². The van der Waals surface area contributed by atoms with Gasteiger partial charge in [0.2, 0.25) is 0 Å². The highest BCUT2D eigenvalue weighted by molar-refractivity contribution is 6.21. The second kappa shape index (κ2) is 7.04. The number of rotatable bonds is 6. The Hall–Kier alpha value is -2.70. The van der Waals surface area contributed by atoms with Gasteiger partial charge in [0.05, 0.1) is 23.3 Å². The van der Waals surface area contributed by atoms with Crippen LogP contribution in [-0.4, -0.2) is 35.4 Å². The Morgan fingerprint density at radius 2 is 1.78 bits per heavy atom. The lowest BCUT2D eigenvalue weighted by atomic mass is 10.1. The van der Waals surface area contributed by atoms with E-state index >= 15 is 0 Å². The van der Waals surface area contributed by atoms with Gasteiger partial charge in [0.1, 0.15) is 0 Å². The third-order valence-corrected chi connectivity index (χ3v) is 3.29. The third-order valence-electron chi connectivity index (χ3n) is 3.29. The van der Waals surface area contributed by atoms with Gasteiger partial charge in [-0.2, -0.15) is 0 Å². The Labute approximate surface area is 133 Å². The van der Waals surface area contributed by atoms with E-state index in [-0.39, 0.29) is 16.7 Å². The van der Waals surface area contributed by atoms with E-state index in [0.29, 0.717) is 11.7 Å². The van der Waals surface area contributed by atoms with E-state index in [4.69, 9.17) is 4.74 Å². The minimum atomic E-state index is -0.782. The number of carbonyl (C=O) groups excluding carboxylic acids is 4. The van der Waals surface area contributed by atoms with Gasteiger partial charge in [-0.3, -0.25) is 9.59 Å². The van der Waals surface area contributed by atoms with E-state index in [1.807, 2.05) is 6.92 Å². The van der Waals surface area contributed by atoms with E-state index < -0.39 is 23.8 Å². The second-order valence-electron chi connectivity index (χ2n) is 5.09. The van der Waals surface area contributed by atoms with Crippen LogP contribution in [0.1, 0.15) is 64.2 Å². The molecular weight excluding hydrogens is 302 g/mol. The summed E-state index contributed by atoms with van der Waals surface area (Å²) in [5.41, 5.74) is 0.268. The Bertz CT molecular complexity index is 667. The first-order chi connectivity index (χ1) is 11.0. The fraction of sp³-hybridized carbons (Fsp3) is 0.375. The van der Waals surface area contributed by atoms with Gasteiger partial charge in [0.25, 0.3) is 11.8 Å². The zero-order chi connectivity index (χ0) is 17.0. The van der Waals surface area contributed by atoms with Crippen molar-refractivity contribution in [1.29, 1.82) is 0 Å². The Kier molecular flexibility index (Phi) is 5.10. The highest BCUT2D eigenvalue weighted by Gasteiger charge is 2.39. The number of nitrogens with zero attached hydrogens (tertiary/aromatic N) is 1. The smallest absolute Gasteiger partial charge is 0.338 e. The number of hydrogen-bond donors (Lipinski definition) is 0. The first kappa shape index (κ1) is 16.7. The fourth-order valence-corrected chi connectivity index (χ4v) is 2.16. The van der Waals surface area contributed by atoms with E-state index in [0.717, 1.165) is 26.2 Å². The minimum absolute atomic E-state index is 0.0132. The number of unbranched alkanes of at least 4 members (excludes halogenated alkanes) is 2. The maximum atomic E-state index is 12.1. The molecule has 0 spiro atoms. The molecule has 1 aliphatic heterocycles. The summed E-state index contributed by atoms with van der Waals surface area (Å²) in [7, 11) is 0. The molecule has 1 aliphatic rings. The molecule has 23 heavy (non-hydrogen) atoms. The average Bonchev–Trinajstić information content (AvgIpc) is 2.75. The van der Waals surface area contributed by atoms with Gasteiger partial charge >= 0.3 is 11.9 Å². The summed E-state index contributed by atoms with van der Waals surface area (Å²) in [4.78, 5) is 51.5. The van der Waals surface area contributed by atoms with Gasteiger partial charge in [-0.15, -0.1) is 0 Å². The lowest BCUT2D eigenvalue weighted by Crippen LogP contribution is -2.31. The van der Waals surface area contributed by atoms with Crippen LogP contribution in [0, 0.1) is 0 Å². The molecule has 0 fully saturated rings. The van der Waals surface area contributed by atoms with Gasteiger partial charge < -0.3 is 9.57 Å². The summed E-state index contributed by atoms with van der Waals surface area (Å²) in [6, 6.07) is 4.03. The van der Waals surface area contributed by atoms with Crippen LogP contribution in [0.2, 0.25) is 0 Å². The summed E-state index contributed by atoms with van der Waals surface area (Å²) < 4.78 is 5.11. The Balaban J connectivity index is 2.14. The van der Waals surface area contributed by atoms with Crippen molar-refractivity contribution in [2.75, 3.05) is 6.61 Å². The average molecular weight is 319 g/mol. The quantitative estimate of drug-likeness (QED) is 0.453. The maximum Gasteiger partial charge on any atom is 0.338 e. The molecule has 7 heteroatoms. The van der Waals surface area contributed by atoms with Crippen LogP contribution >= 0.6 is 0 Å². The number of hydrogen-bond acceptors (Lipinski definition) is 6. The molecule has 122 valence electrons. The molecule has 0 aliphatic carbocycles. The molecule has 1 heterocycles. The molecule has 0 radical (unpaired) electrons. The zero-order valence-electron chi connectivity index (χ0n) is 13.0. The highest BCUT2D eigenvalue weighted by atomic mass is 16.7. The standard InChI is InChI=1S/C16H17NO6/c1-3-4-5-8-22-16(21)11-6-7-12-13(9-11)15(20)17(14(12)19)23-10(2)18/h6-7,9H,3-5,8H2,1-2H3. The molecule has 0 aromatic heterocycles. The van der Waals surface area contributed by atoms with Crippen molar-refractivity contribution in [2.45, 2.75) is 33.1 Å². The minimum Gasteiger partial charge on any atom is -0.462 e. The number of hydroxylamine groups is 2. The van der Waals surface area contributed by atoms with Crippen molar-refractivity contribution < 1.29 is 28.8 Å². The molecule has 0 atom stereocenters. The summed E-state index contributed by atoms with van der Waals surface area (Å²) in [5.74, 6) is -2.85. The van der Waals surface area contributed by atoms with Crippen LogP contribution in [-0.2, 0) is 14.4 Å². The SMILES string of the molecule is CCCCCOC(=O)c1ccc2c(c1)C(=O)N(OC(C)=O)C2=O. The molecule has 1 aromatic rings. The molecule has 0 bridgehead atoms. The highest BCUT2D eigenvalue weighted by Crippen LogP contribution is 2.24. The lowest BCUT2D eigenvalue weighted by molar-refractivity contribution is -0.165. The predicted molar refractivity (Wildman–Crippen MR) is 78.5 cm³/mol. The van der Waals surface area contributed by atoms with Crippen molar-refractivity contribution in [2.24, 2.45) is 0 Å². The van der Waals surface area contributed by atoms with Gasteiger partial charge in [-0.05, 0) is 24.6 Å². The molecule has 7 nitrogen and oxygen atoms in total. The molecule has 2 amide bonds. The van der Waals surface area contributed by atoms with Crippen molar-refractivity contribution >= 4 is 23.8 Å². The van der Waals surface area contributed by atoms with Crippen LogP contribution < -0.4 is 0 Å². The first-order valence-corrected chi connectivity index (χ1v) is 7.34. The Morgan fingerprint density at radius 1 is 1.09 bits per heavy atom. The number of amides is 2. The normalized spacial score (nSPS) is 13.0. The van der Waals surface area contributed by atoms with Gasteiger partial charge in [-0.1, -0.05) is 24.8 Å². The monoisotopic (exact) mass is 319 g/mol. The van der Waals surface area contributed by atoms with E-state index in [2.05, 4.69) is 4.84 Å². The topological polar surface area (TPSA) is 90.0 Å². The molecule has 0 N–H and O–H groups in total. The lowest BCUT2D eigenvalue weighted by Gasteiger charge is -2.10. The van der Waals surface area contributed by atoms with E-state index in [1.54, 1.807) is 0 Å². The van der Waals surface area contributed by atoms with Crippen molar-refractivity contribution in [3.8, 4) is 0 Å². The van der Waals surface area contributed by atoms with Crippen molar-refractivity contribution in [3.05, 3.63) is 34.9 Å². The molecular formula is C16H17NO6. The molecule has 2 rings (SSSR count). The van der Waals surface area contributed by atoms with Gasteiger partial charge in [0, 0.05) is 6.92 Å². The second-order valence-corrected chi connectivity index (χ2v) is 5.09. The maximum absolute atomic E-state index is 12.1. The summed E-state index contributed by atoms with van der Waals surface area (Å²) >= 11 is 0. The number of benzene rings is 1. The predicted octanol–water partition coefficient (Wildman–Crippen LogP) is 2.11. The third kappa shape index (κ3) is 3.56. The fourth-order valence-electron chi connectivity index (χ4n) is 2.16. The zero-order valence-corrected chi connectivity index (χ0v) is 13.0. The van der Waals surface area contributed by atoms with Crippen molar-refractivity contribution in [1.82, 2.24) is 5.06 Å². The van der Waals surface area contributed by atoms with Crippen molar-refractivity contribution in [3.63, 3.8) is 0 Å². The van der Waals surface area contributed by atoms with Crippen LogP contribution in [0.15, 0.2) is 18.2 Å². The first-order valence-electron chi connectivity index (χ1n) is 7.34. The summed E-state index contributed by atoms with van der Waals surface area (Å²) in [6.07, 6.45) is 2.74. The van der Waals surface area contributed by atoms with Gasteiger partial charge in [-0.25, -0.2) is 9.59 Å². The number of esters is 1.